The molecule has 1 fully saturated rings. The zero-order valence-corrected chi connectivity index (χ0v) is 9.06. The maximum Gasteiger partial charge on any atom is 0.0343 e. The van der Waals surface area contributed by atoms with Crippen molar-refractivity contribution >= 4 is 5.57 Å². The van der Waals surface area contributed by atoms with Crippen molar-refractivity contribution in [2.75, 3.05) is 20.1 Å². The van der Waals surface area contributed by atoms with Crippen molar-refractivity contribution in [1.82, 2.24) is 9.88 Å². The van der Waals surface area contributed by atoms with Crippen LogP contribution in [0.1, 0.15) is 12.0 Å². The molecule has 2 heteroatoms. The lowest BCUT2D eigenvalue weighted by Gasteiger charge is -2.29. The Hall–Kier alpha value is -1.15. The summed E-state index contributed by atoms with van der Waals surface area (Å²) in [6.45, 7) is 2.43. The summed E-state index contributed by atoms with van der Waals surface area (Å²) in [5.41, 5.74) is 2.85. The first-order chi connectivity index (χ1) is 7.33. The lowest BCUT2D eigenvalue weighted by molar-refractivity contribution is 0.218. The molecule has 0 saturated carbocycles. The fourth-order valence-electron chi connectivity index (χ4n) is 2.97. The quantitative estimate of drug-likeness (QED) is 0.689. The van der Waals surface area contributed by atoms with Crippen LogP contribution >= 0.6 is 0 Å². The summed E-state index contributed by atoms with van der Waals surface area (Å²) in [5, 5.41) is 0. The van der Waals surface area contributed by atoms with E-state index in [1.54, 1.807) is 0 Å². The largest absolute Gasteiger partial charge is 0.305 e. The van der Waals surface area contributed by atoms with Crippen molar-refractivity contribution in [2.45, 2.75) is 6.42 Å². The van der Waals surface area contributed by atoms with Gasteiger partial charge in [-0.2, -0.15) is 0 Å². The summed E-state index contributed by atoms with van der Waals surface area (Å²) < 4.78 is 0. The van der Waals surface area contributed by atoms with Gasteiger partial charge in [0.1, 0.15) is 0 Å². The minimum absolute atomic E-state index is 0.734. The molecule has 2 bridgehead atoms. The summed E-state index contributed by atoms with van der Waals surface area (Å²) >= 11 is 0. The van der Waals surface area contributed by atoms with Gasteiger partial charge in [-0.3, -0.25) is 4.98 Å². The highest BCUT2D eigenvalue weighted by Gasteiger charge is 2.32. The van der Waals surface area contributed by atoms with Gasteiger partial charge in [0.15, 0.2) is 0 Å². The highest BCUT2D eigenvalue weighted by atomic mass is 15.1. The van der Waals surface area contributed by atoms with Crippen molar-refractivity contribution in [3.05, 3.63) is 36.2 Å². The van der Waals surface area contributed by atoms with Crippen LogP contribution in [0.4, 0.5) is 0 Å². The summed E-state index contributed by atoms with van der Waals surface area (Å²) in [7, 11) is 2.22. The summed E-state index contributed by atoms with van der Waals surface area (Å²) in [5.74, 6) is 1.50. The van der Waals surface area contributed by atoms with Gasteiger partial charge in [0.05, 0.1) is 0 Å². The van der Waals surface area contributed by atoms with Crippen LogP contribution in [0.25, 0.3) is 5.57 Å². The lowest BCUT2D eigenvalue weighted by Crippen LogP contribution is -2.33. The molecule has 1 aliphatic heterocycles. The normalized spacial score (nSPS) is 30.3. The molecule has 1 aromatic rings. The van der Waals surface area contributed by atoms with Crippen molar-refractivity contribution in [1.29, 1.82) is 0 Å². The highest BCUT2D eigenvalue weighted by Crippen LogP contribution is 2.40. The van der Waals surface area contributed by atoms with E-state index in [-0.39, 0.29) is 0 Å². The second-order valence-corrected chi connectivity index (χ2v) is 4.78. The fraction of sp³-hybridized carbons (Fsp3) is 0.462. The molecule has 78 valence electrons. The predicted octanol–water partition coefficient (Wildman–Crippen LogP) is 2.05. The first-order valence-electron chi connectivity index (χ1n) is 5.63. The zero-order chi connectivity index (χ0) is 10.3. The first kappa shape index (κ1) is 9.10. The molecule has 3 rings (SSSR count). The summed E-state index contributed by atoms with van der Waals surface area (Å²) in [6, 6.07) is 4.21. The number of piperidine rings is 1. The van der Waals surface area contributed by atoms with Gasteiger partial charge in [-0.05, 0) is 42.5 Å². The highest BCUT2D eigenvalue weighted by molar-refractivity contribution is 5.69. The van der Waals surface area contributed by atoms with E-state index >= 15 is 0 Å². The SMILES string of the molecule is CN1CC2C=C(c3cccnc3)C(C2)C1. The Morgan fingerprint density at radius 3 is 3.13 bits per heavy atom. The van der Waals surface area contributed by atoms with Gasteiger partial charge < -0.3 is 4.90 Å². The van der Waals surface area contributed by atoms with Gasteiger partial charge in [-0.1, -0.05) is 12.1 Å². The number of hydrogen-bond acceptors (Lipinski definition) is 2. The molecular formula is C13H16N2. The second-order valence-electron chi connectivity index (χ2n) is 4.78. The predicted molar refractivity (Wildman–Crippen MR) is 61.3 cm³/mol. The van der Waals surface area contributed by atoms with E-state index in [1.165, 1.54) is 30.6 Å². The third kappa shape index (κ3) is 1.59. The smallest absolute Gasteiger partial charge is 0.0343 e. The van der Waals surface area contributed by atoms with Crippen LogP contribution in [-0.2, 0) is 0 Å². The molecular weight excluding hydrogens is 184 g/mol. The third-order valence-electron chi connectivity index (χ3n) is 3.52. The number of likely N-dealkylation sites (tertiary alicyclic amines) is 1. The molecule has 2 nitrogen and oxygen atoms in total. The molecule has 0 amide bonds. The van der Waals surface area contributed by atoms with E-state index in [0.717, 1.165) is 11.8 Å². The van der Waals surface area contributed by atoms with Crippen molar-refractivity contribution in [3.8, 4) is 0 Å². The van der Waals surface area contributed by atoms with E-state index in [1.807, 2.05) is 18.5 Å². The second kappa shape index (κ2) is 3.46. The number of rotatable bonds is 1. The van der Waals surface area contributed by atoms with Crippen molar-refractivity contribution in [2.24, 2.45) is 11.8 Å². The molecule has 0 aromatic carbocycles. The molecule has 0 radical (unpaired) electrons. The monoisotopic (exact) mass is 200 g/mol. The fourth-order valence-corrected chi connectivity index (χ4v) is 2.97. The third-order valence-corrected chi connectivity index (χ3v) is 3.52. The van der Waals surface area contributed by atoms with Crippen LogP contribution < -0.4 is 0 Å². The topological polar surface area (TPSA) is 16.1 Å². The Kier molecular flexibility index (Phi) is 2.10. The minimum Gasteiger partial charge on any atom is -0.305 e. The number of hydrogen-bond donors (Lipinski definition) is 0. The van der Waals surface area contributed by atoms with Gasteiger partial charge in [0.25, 0.3) is 0 Å². The van der Waals surface area contributed by atoms with E-state index in [2.05, 4.69) is 29.1 Å². The number of fused-ring (bicyclic) bond motifs is 2. The molecule has 0 spiro atoms. The molecule has 1 aromatic heterocycles. The van der Waals surface area contributed by atoms with E-state index < -0.39 is 0 Å². The van der Waals surface area contributed by atoms with Gasteiger partial charge in [-0.25, -0.2) is 0 Å². The molecule has 2 aliphatic rings. The summed E-state index contributed by atoms with van der Waals surface area (Å²) in [6.07, 6.45) is 7.64. The Morgan fingerprint density at radius 1 is 1.40 bits per heavy atom. The molecule has 1 saturated heterocycles. The number of aromatic nitrogens is 1. The van der Waals surface area contributed by atoms with Gasteiger partial charge >= 0.3 is 0 Å². The summed E-state index contributed by atoms with van der Waals surface area (Å²) in [4.78, 5) is 6.65. The standard InChI is InChI=1S/C13H16N2/c1-15-8-10-5-12(9-15)13(6-10)11-3-2-4-14-7-11/h2-4,6-7,10,12H,5,8-9H2,1H3. The zero-order valence-electron chi connectivity index (χ0n) is 9.06. The van der Waals surface area contributed by atoms with Crippen molar-refractivity contribution < 1.29 is 0 Å². The average Bonchev–Trinajstić information content (AvgIpc) is 2.55. The maximum atomic E-state index is 4.21. The molecule has 1 aliphatic carbocycles. The minimum atomic E-state index is 0.734. The van der Waals surface area contributed by atoms with Gasteiger partial charge in [0.2, 0.25) is 0 Å². The van der Waals surface area contributed by atoms with Crippen LogP contribution in [-0.4, -0.2) is 30.0 Å². The number of pyridine rings is 1. The van der Waals surface area contributed by atoms with Crippen LogP contribution in [0.2, 0.25) is 0 Å². The van der Waals surface area contributed by atoms with Crippen LogP contribution in [0.15, 0.2) is 30.6 Å². The Morgan fingerprint density at radius 2 is 2.33 bits per heavy atom. The maximum absolute atomic E-state index is 4.21. The van der Waals surface area contributed by atoms with Crippen molar-refractivity contribution in [3.63, 3.8) is 0 Å². The molecule has 0 N–H and O–H groups in total. The van der Waals surface area contributed by atoms with E-state index in [0.29, 0.717) is 0 Å². The average molecular weight is 200 g/mol. The Bertz CT molecular complexity index is 383. The van der Waals surface area contributed by atoms with Crippen LogP contribution in [0.5, 0.6) is 0 Å². The van der Waals surface area contributed by atoms with E-state index in [9.17, 15) is 0 Å². The van der Waals surface area contributed by atoms with Gasteiger partial charge in [0, 0.05) is 25.5 Å². The Labute approximate surface area is 90.6 Å². The molecule has 2 unspecified atom stereocenters. The molecule has 15 heavy (non-hydrogen) atoms. The van der Waals surface area contributed by atoms with E-state index in [4.69, 9.17) is 0 Å². The Balaban J connectivity index is 1.92. The van der Waals surface area contributed by atoms with Crippen LogP contribution in [0.3, 0.4) is 0 Å². The molecule has 2 heterocycles. The number of nitrogens with zero attached hydrogens (tertiary/aromatic N) is 2. The molecule has 2 atom stereocenters. The lowest BCUT2D eigenvalue weighted by atomic mass is 9.92. The van der Waals surface area contributed by atoms with Crippen LogP contribution in [0, 0.1) is 11.8 Å². The van der Waals surface area contributed by atoms with Gasteiger partial charge in [-0.15, -0.1) is 0 Å². The first-order valence-corrected chi connectivity index (χ1v) is 5.63.